The van der Waals surface area contributed by atoms with E-state index in [4.69, 9.17) is 9.72 Å². The highest BCUT2D eigenvalue weighted by Gasteiger charge is 2.32. The van der Waals surface area contributed by atoms with Gasteiger partial charge < -0.3 is 24.3 Å². The second-order valence-electron chi connectivity index (χ2n) is 12.4. The highest BCUT2D eigenvalue weighted by atomic mass is 16.5. The number of nitrogens with one attached hydrogen (secondary N) is 1. The van der Waals surface area contributed by atoms with Gasteiger partial charge >= 0.3 is 5.97 Å². The molecule has 1 saturated carbocycles. The van der Waals surface area contributed by atoms with E-state index in [1.165, 1.54) is 48.7 Å². The minimum Gasteiger partial charge on any atom is -0.491 e. The van der Waals surface area contributed by atoms with Crippen molar-refractivity contribution >= 4 is 33.8 Å². The van der Waals surface area contributed by atoms with Gasteiger partial charge in [-0.25, -0.2) is 9.78 Å². The molecule has 1 fully saturated rings. The van der Waals surface area contributed by atoms with Crippen LogP contribution >= 0.6 is 0 Å². The lowest BCUT2D eigenvalue weighted by Gasteiger charge is -2.26. The Morgan fingerprint density at radius 1 is 0.977 bits per heavy atom. The SMILES string of the molecule is Cn1c(C(C)(C)NC(=O)c2ccc3c(C4CCCCC4)c4n(c3c2)CCOc2ccccc2-4)nc2ccc(C(=O)O)cc21. The molecular weight excluding hydrogens is 540 g/mol. The normalized spacial score (nSPS) is 15.5. The zero-order valence-electron chi connectivity index (χ0n) is 24.8. The average molecular weight is 577 g/mol. The number of hydrogen-bond acceptors (Lipinski definition) is 4. The Morgan fingerprint density at radius 3 is 2.51 bits per heavy atom. The van der Waals surface area contributed by atoms with Crippen LogP contribution in [0.1, 0.15) is 84.0 Å². The number of amides is 1. The number of imidazole rings is 1. The van der Waals surface area contributed by atoms with Crippen LogP contribution in [0.15, 0.2) is 60.7 Å². The molecule has 0 atom stereocenters. The van der Waals surface area contributed by atoms with Crippen LogP contribution in [-0.4, -0.2) is 37.7 Å². The standard InChI is InChI=1S/C35H36N4O4/c1-35(2,34-36-26-16-14-23(33(41)42)20-28(26)38(34)3)37-32(40)22-13-15-24-27(19-22)39-17-18-43-29-12-8-7-11-25(29)31(39)30(24)21-9-5-4-6-10-21/h7-8,11-16,19-21H,4-6,9-10,17-18H2,1-3H3,(H,37,40)(H,41,42). The number of para-hydroxylation sites is 1. The van der Waals surface area contributed by atoms with Crippen LogP contribution in [0, 0.1) is 0 Å². The quantitative estimate of drug-likeness (QED) is 0.235. The Balaban J connectivity index is 1.29. The molecule has 0 unspecified atom stereocenters. The van der Waals surface area contributed by atoms with Gasteiger partial charge in [0.15, 0.2) is 0 Å². The number of carboxylic acids is 1. The Bertz CT molecular complexity index is 1910. The second kappa shape index (κ2) is 10.3. The molecule has 0 spiro atoms. The van der Waals surface area contributed by atoms with Crippen LogP contribution in [0.4, 0.5) is 0 Å². The lowest BCUT2D eigenvalue weighted by atomic mass is 9.81. The third-order valence-electron chi connectivity index (χ3n) is 9.21. The van der Waals surface area contributed by atoms with Gasteiger partial charge in [0, 0.05) is 29.1 Å². The summed E-state index contributed by atoms with van der Waals surface area (Å²) < 4.78 is 10.4. The van der Waals surface area contributed by atoms with Gasteiger partial charge in [-0.15, -0.1) is 0 Å². The third-order valence-corrected chi connectivity index (χ3v) is 9.21. The highest BCUT2D eigenvalue weighted by Crippen LogP contribution is 2.47. The summed E-state index contributed by atoms with van der Waals surface area (Å²) >= 11 is 0. The van der Waals surface area contributed by atoms with Crippen molar-refractivity contribution in [2.45, 2.75) is 64.0 Å². The molecule has 43 heavy (non-hydrogen) atoms. The molecule has 2 aromatic heterocycles. The average Bonchev–Trinajstić information content (AvgIpc) is 3.44. The number of hydrogen-bond donors (Lipinski definition) is 2. The number of aromatic carboxylic acids is 1. The number of carbonyl (C=O) groups excluding carboxylic acids is 1. The molecular formula is C35H36N4O4. The van der Waals surface area contributed by atoms with Gasteiger partial charge in [-0.3, -0.25) is 4.79 Å². The number of rotatable bonds is 5. The molecule has 1 amide bonds. The van der Waals surface area contributed by atoms with Crippen molar-refractivity contribution in [2.24, 2.45) is 7.05 Å². The van der Waals surface area contributed by atoms with E-state index in [1.54, 1.807) is 18.2 Å². The van der Waals surface area contributed by atoms with Gasteiger partial charge in [-0.2, -0.15) is 0 Å². The first kappa shape index (κ1) is 27.3. The van der Waals surface area contributed by atoms with Crippen molar-refractivity contribution in [1.82, 2.24) is 19.4 Å². The summed E-state index contributed by atoms with van der Waals surface area (Å²) in [5, 5.41) is 13.9. The van der Waals surface area contributed by atoms with Gasteiger partial charge in [0.1, 0.15) is 18.2 Å². The summed E-state index contributed by atoms with van der Waals surface area (Å²) in [5.74, 6) is 0.863. The molecule has 8 heteroatoms. The highest BCUT2D eigenvalue weighted by molar-refractivity contribution is 6.01. The summed E-state index contributed by atoms with van der Waals surface area (Å²) in [6, 6.07) is 19.3. The fourth-order valence-corrected chi connectivity index (χ4v) is 7.17. The summed E-state index contributed by atoms with van der Waals surface area (Å²) in [4.78, 5) is 30.1. The molecule has 1 aliphatic heterocycles. The predicted molar refractivity (Wildman–Crippen MR) is 167 cm³/mol. The second-order valence-corrected chi connectivity index (χ2v) is 12.4. The van der Waals surface area contributed by atoms with Crippen molar-refractivity contribution in [2.75, 3.05) is 6.61 Å². The largest absolute Gasteiger partial charge is 0.491 e. The van der Waals surface area contributed by atoms with Crippen LogP contribution in [0.5, 0.6) is 5.75 Å². The maximum Gasteiger partial charge on any atom is 0.335 e. The molecule has 2 aliphatic rings. The molecule has 0 radical (unpaired) electrons. The minimum atomic E-state index is -0.988. The maximum atomic E-state index is 13.8. The summed E-state index contributed by atoms with van der Waals surface area (Å²) in [7, 11) is 1.85. The Morgan fingerprint density at radius 2 is 1.72 bits per heavy atom. The van der Waals surface area contributed by atoms with Crippen LogP contribution in [0.3, 0.4) is 0 Å². The van der Waals surface area contributed by atoms with E-state index in [9.17, 15) is 14.7 Å². The monoisotopic (exact) mass is 576 g/mol. The van der Waals surface area contributed by atoms with Crippen molar-refractivity contribution < 1.29 is 19.4 Å². The van der Waals surface area contributed by atoms with Crippen molar-refractivity contribution in [1.29, 1.82) is 0 Å². The van der Waals surface area contributed by atoms with Gasteiger partial charge in [0.05, 0.1) is 34.4 Å². The predicted octanol–water partition coefficient (Wildman–Crippen LogP) is 7.00. The molecule has 2 N–H and O–H groups in total. The lowest BCUT2D eigenvalue weighted by molar-refractivity contribution is 0.0696. The Hall–Kier alpha value is -4.59. The summed E-state index contributed by atoms with van der Waals surface area (Å²) in [6.07, 6.45) is 6.13. The first-order valence-corrected chi connectivity index (χ1v) is 15.1. The van der Waals surface area contributed by atoms with E-state index < -0.39 is 11.5 Å². The molecule has 0 saturated heterocycles. The third kappa shape index (κ3) is 4.56. The van der Waals surface area contributed by atoms with Gasteiger partial charge in [0.25, 0.3) is 5.91 Å². The molecule has 3 aromatic carbocycles. The van der Waals surface area contributed by atoms with Crippen molar-refractivity contribution in [3.05, 3.63) is 83.2 Å². The number of benzene rings is 3. The van der Waals surface area contributed by atoms with E-state index in [2.05, 4.69) is 34.1 Å². The number of carboxylic acid groups (broad SMARTS) is 1. The minimum absolute atomic E-state index is 0.190. The van der Waals surface area contributed by atoms with Crippen LogP contribution in [-0.2, 0) is 19.1 Å². The summed E-state index contributed by atoms with van der Waals surface area (Å²) in [5.41, 5.74) is 6.15. The van der Waals surface area contributed by atoms with Crippen LogP contribution in [0.25, 0.3) is 33.2 Å². The maximum absolute atomic E-state index is 13.8. The van der Waals surface area contributed by atoms with E-state index in [1.807, 2.05) is 43.7 Å². The fraction of sp³-hybridized carbons (Fsp3) is 0.343. The molecule has 3 heterocycles. The number of fused-ring (bicyclic) bond motifs is 6. The van der Waals surface area contributed by atoms with Gasteiger partial charge in [-0.05, 0) is 80.6 Å². The number of ether oxygens (including phenoxy) is 1. The number of carbonyl (C=O) groups is 2. The lowest BCUT2D eigenvalue weighted by Crippen LogP contribution is -2.42. The molecule has 220 valence electrons. The smallest absolute Gasteiger partial charge is 0.335 e. The van der Waals surface area contributed by atoms with E-state index in [0.29, 0.717) is 41.5 Å². The van der Waals surface area contributed by atoms with E-state index >= 15 is 0 Å². The molecule has 5 aromatic rings. The van der Waals surface area contributed by atoms with Crippen LogP contribution in [0.2, 0.25) is 0 Å². The molecule has 1 aliphatic carbocycles. The number of aryl methyl sites for hydroxylation is 1. The first-order chi connectivity index (χ1) is 20.7. The first-order valence-electron chi connectivity index (χ1n) is 15.1. The van der Waals surface area contributed by atoms with Crippen molar-refractivity contribution in [3.63, 3.8) is 0 Å². The fourth-order valence-electron chi connectivity index (χ4n) is 7.17. The summed E-state index contributed by atoms with van der Waals surface area (Å²) in [6.45, 7) is 5.11. The van der Waals surface area contributed by atoms with Gasteiger partial charge in [0.2, 0.25) is 0 Å². The van der Waals surface area contributed by atoms with Gasteiger partial charge in [-0.1, -0.05) is 37.5 Å². The van der Waals surface area contributed by atoms with Crippen LogP contribution < -0.4 is 10.1 Å². The number of nitrogens with zero attached hydrogens (tertiary/aromatic N) is 3. The molecule has 7 rings (SSSR count). The van der Waals surface area contributed by atoms with E-state index in [0.717, 1.165) is 16.8 Å². The topological polar surface area (TPSA) is 98.4 Å². The molecule has 0 bridgehead atoms. The Labute approximate surface area is 250 Å². The Kier molecular flexibility index (Phi) is 6.52. The zero-order valence-corrected chi connectivity index (χ0v) is 24.8. The van der Waals surface area contributed by atoms with E-state index in [-0.39, 0.29) is 11.5 Å². The number of aromatic nitrogens is 3. The van der Waals surface area contributed by atoms with Crippen molar-refractivity contribution in [3.8, 4) is 17.0 Å². The zero-order chi connectivity index (χ0) is 29.9. The molecule has 8 nitrogen and oxygen atoms in total.